The molecule has 10 heteroatoms. The number of amidine groups is 2. The Labute approximate surface area is 185 Å². The molecule has 4 rings (SSSR count). The fourth-order valence-electron chi connectivity index (χ4n) is 2.62. The molecule has 0 saturated heterocycles. The molecule has 2 aromatic carbocycles. The first-order valence-electron chi connectivity index (χ1n) is 8.21. The molecule has 0 aromatic heterocycles. The number of thioether (sulfide) groups is 1. The van der Waals surface area contributed by atoms with Crippen LogP contribution >= 0.6 is 46.6 Å². The van der Waals surface area contributed by atoms with Crippen molar-refractivity contribution >= 4 is 75.1 Å². The second-order valence-corrected chi connectivity index (χ2v) is 8.03. The second-order valence-electron chi connectivity index (χ2n) is 5.97. The minimum Gasteiger partial charge on any atom is -0.487 e. The van der Waals surface area contributed by atoms with Crippen LogP contribution in [0.2, 0.25) is 15.1 Å². The molecule has 29 heavy (non-hydrogen) atoms. The molecule has 6 nitrogen and oxygen atoms in total. The number of fused-ring (bicyclic) bond motifs is 1. The molecule has 0 aliphatic carbocycles. The average Bonchev–Trinajstić information content (AvgIpc) is 3.14. The quantitative estimate of drug-likeness (QED) is 0.607. The maximum Gasteiger partial charge on any atom is 0.283 e. The normalized spacial score (nSPS) is 17.0. The number of hydrogen-bond donors (Lipinski definition) is 1. The third-order valence-corrected chi connectivity index (χ3v) is 5.62. The third kappa shape index (κ3) is 4.18. The Bertz CT molecular complexity index is 1130. The number of benzene rings is 2. The van der Waals surface area contributed by atoms with Crippen LogP contribution in [0.25, 0.3) is 6.08 Å². The van der Waals surface area contributed by atoms with E-state index in [-0.39, 0.29) is 18.0 Å². The number of aliphatic imine (C=N–C) groups is 1. The molecule has 0 bridgehead atoms. The minimum atomic E-state index is -0.493. The van der Waals surface area contributed by atoms with Crippen molar-refractivity contribution in [3.63, 3.8) is 0 Å². The van der Waals surface area contributed by atoms with E-state index in [0.29, 0.717) is 31.5 Å². The van der Waals surface area contributed by atoms with Crippen molar-refractivity contribution in [2.24, 2.45) is 10.1 Å². The largest absolute Gasteiger partial charge is 0.487 e. The van der Waals surface area contributed by atoms with Gasteiger partial charge in [-0.3, -0.25) is 10.2 Å². The number of hydrazone groups is 1. The van der Waals surface area contributed by atoms with Gasteiger partial charge in [-0.05, 0) is 47.7 Å². The summed E-state index contributed by atoms with van der Waals surface area (Å²) in [6.07, 6.45) is 1.55. The molecule has 0 atom stereocenters. The predicted octanol–water partition coefficient (Wildman–Crippen LogP) is 5.47. The van der Waals surface area contributed by atoms with Crippen LogP contribution < -0.4 is 4.74 Å². The molecule has 0 fully saturated rings. The van der Waals surface area contributed by atoms with Gasteiger partial charge in [0.05, 0.1) is 16.1 Å². The zero-order valence-electron chi connectivity index (χ0n) is 14.5. The van der Waals surface area contributed by atoms with Gasteiger partial charge in [-0.2, -0.15) is 15.1 Å². The van der Waals surface area contributed by atoms with Crippen LogP contribution in [0.5, 0.6) is 5.75 Å². The molecular formula is C19H11Cl3N4O2S. The van der Waals surface area contributed by atoms with Gasteiger partial charge in [-0.25, -0.2) is 0 Å². The number of ether oxygens (including phenoxy) is 1. The van der Waals surface area contributed by atoms with Gasteiger partial charge in [0, 0.05) is 15.6 Å². The van der Waals surface area contributed by atoms with E-state index in [1.165, 1.54) is 22.3 Å². The molecule has 146 valence electrons. The number of nitrogens with one attached hydrogen (secondary N) is 1. The van der Waals surface area contributed by atoms with Crippen LogP contribution in [0.4, 0.5) is 0 Å². The fraction of sp³-hybridized carbons (Fsp3) is 0.0526. The summed E-state index contributed by atoms with van der Waals surface area (Å²) in [7, 11) is 0. The average molecular weight is 466 g/mol. The Morgan fingerprint density at radius 1 is 1.14 bits per heavy atom. The van der Waals surface area contributed by atoms with E-state index in [4.69, 9.17) is 44.9 Å². The molecule has 0 unspecified atom stereocenters. The topological polar surface area (TPSA) is 78.1 Å². The van der Waals surface area contributed by atoms with Gasteiger partial charge in [0.25, 0.3) is 5.91 Å². The minimum absolute atomic E-state index is 0.0323. The van der Waals surface area contributed by atoms with Crippen molar-refractivity contribution in [3.05, 3.63) is 68.2 Å². The monoisotopic (exact) mass is 464 g/mol. The van der Waals surface area contributed by atoms with E-state index >= 15 is 0 Å². The van der Waals surface area contributed by atoms with Crippen molar-refractivity contribution < 1.29 is 9.53 Å². The first-order valence-corrected chi connectivity index (χ1v) is 10.2. The van der Waals surface area contributed by atoms with Gasteiger partial charge in [0.15, 0.2) is 11.0 Å². The summed E-state index contributed by atoms with van der Waals surface area (Å²) in [5.74, 6) is -0.0612. The Morgan fingerprint density at radius 2 is 1.97 bits per heavy atom. The van der Waals surface area contributed by atoms with Crippen LogP contribution in [0, 0.1) is 5.41 Å². The summed E-state index contributed by atoms with van der Waals surface area (Å²) in [6, 6.07) is 10.2. The zero-order valence-corrected chi connectivity index (χ0v) is 17.6. The van der Waals surface area contributed by atoms with Crippen molar-refractivity contribution in [2.45, 2.75) is 6.61 Å². The number of carbonyl (C=O) groups excluding carboxylic acids is 1. The van der Waals surface area contributed by atoms with E-state index in [9.17, 15) is 4.79 Å². The maximum atomic E-state index is 12.2. The molecule has 2 aliphatic rings. The molecular weight excluding hydrogens is 455 g/mol. The van der Waals surface area contributed by atoms with E-state index < -0.39 is 5.91 Å². The van der Waals surface area contributed by atoms with Gasteiger partial charge in [0.2, 0.25) is 0 Å². The summed E-state index contributed by atoms with van der Waals surface area (Å²) in [5, 5.41) is 15.3. The molecule has 2 aliphatic heterocycles. The molecule has 1 amide bonds. The summed E-state index contributed by atoms with van der Waals surface area (Å²) in [6.45, 7) is 0.224. The van der Waals surface area contributed by atoms with Crippen molar-refractivity contribution in [1.29, 1.82) is 5.41 Å². The van der Waals surface area contributed by atoms with Crippen molar-refractivity contribution in [1.82, 2.24) is 5.01 Å². The Balaban J connectivity index is 1.53. The third-order valence-electron chi connectivity index (χ3n) is 4.06. The summed E-state index contributed by atoms with van der Waals surface area (Å²) >= 11 is 19.6. The van der Waals surface area contributed by atoms with Crippen LogP contribution in [-0.2, 0) is 11.4 Å². The summed E-state index contributed by atoms with van der Waals surface area (Å²) in [4.78, 5) is 16.2. The van der Waals surface area contributed by atoms with E-state index in [1.807, 2.05) is 0 Å². The number of amides is 1. The van der Waals surface area contributed by atoms with E-state index in [0.717, 1.165) is 5.56 Å². The maximum absolute atomic E-state index is 12.2. The fourth-order valence-corrected chi connectivity index (χ4v) is 3.94. The highest BCUT2D eigenvalue weighted by atomic mass is 35.5. The highest BCUT2D eigenvalue weighted by Gasteiger charge is 2.32. The predicted molar refractivity (Wildman–Crippen MR) is 118 cm³/mol. The lowest BCUT2D eigenvalue weighted by Crippen LogP contribution is -2.35. The number of nitrogens with zero attached hydrogens (tertiary/aromatic N) is 3. The number of halogens is 3. The molecule has 0 saturated carbocycles. The standard InChI is InChI=1S/C19H11Cl3N4O2S/c20-12-3-2-11(14(21)7-12)8-28-16-4-1-10(6-15(16)22)5-13-17(23)26-19(25-18(13)27)29-9-24-26/h1-7,9,23H,8H2/b13-5+,23-17?. The van der Waals surface area contributed by atoms with Gasteiger partial charge < -0.3 is 4.74 Å². The van der Waals surface area contributed by atoms with Gasteiger partial charge >= 0.3 is 0 Å². The summed E-state index contributed by atoms with van der Waals surface area (Å²) in [5.41, 5.74) is 3.07. The second kappa shape index (κ2) is 8.20. The highest BCUT2D eigenvalue weighted by molar-refractivity contribution is 8.25. The Morgan fingerprint density at radius 3 is 2.72 bits per heavy atom. The van der Waals surface area contributed by atoms with Crippen LogP contribution in [0.1, 0.15) is 11.1 Å². The first kappa shape index (κ1) is 20.0. The SMILES string of the molecule is N=C1/C(=C\c2ccc(OCc3ccc(Cl)cc3Cl)c(Cl)c2)C(=O)N=C2SC=NN12. The number of hydrogen-bond acceptors (Lipinski definition) is 5. The van der Waals surface area contributed by atoms with Crippen LogP contribution in [0.3, 0.4) is 0 Å². The van der Waals surface area contributed by atoms with Crippen LogP contribution in [-0.4, -0.2) is 27.5 Å². The molecule has 0 radical (unpaired) electrons. The van der Waals surface area contributed by atoms with E-state index in [1.54, 1.807) is 42.5 Å². The highest BCUT2D eigenvalue weighted by Crippen LogP contribution is 2.30. The lowest BCUT2D eigenvalue weighted by molar-refractivity contribution is -0.114. The lowest BCUT2D eigenvalue weighted by atomic mass is 10.1. The first-order chi connectivity index (χ1) is 13.9. The number of carbonyl (C=O) groups is 1. The van der Waals surface area contributed by atoms with Crippen LogP contribution in [0.15, 0.2) is 52.1 Å². The van der Waals surface area contributed by atoms with Crippen molar-refractivity contribution in [2.75, 3.05) is 0 Å². The van der Waals surface area contributed by atoms with E-state index in [2.05, 4.69) is 10.1 Å². The van der Waals surface area contributed by atoms with Gasteiger partial charge in [-0.15, -0.1) is 0 Å². The Hall–Kier alpha value is -2.32. The molecule has 2 heterocycles. The lowest BCUT2D eigenvalue weighted by Gasteiger charge is -2.20. The van der Waals surface area contributed by atoms with Crippen molar-refractivity contribution in [3.8, 4) is 5.75 Å². The number of rotatable bonds is 4. The Kier molecular flexibility index (Phi) is 5.65. The molecule has 0 spiro atoms. The smallest absolute Gasteiger partial charge is 0.283 e. The van der Waals surface area contributed by atoms with Gasteiger partial charge in [0.1, 0.15) is 12.4 Å². The van der Waals surface area contributed by atoms with Gasteiger partial charge in [-0.1, -0.05) is 46.9 Å². The molecule has 2 aromatic rings. The molecule has 1 N–H and O–H groups in total. The summed E-state index contributed by atoms with van der Waals surface area (Å²) < 4.78 is 5.75. The zero-order chi connectivity index (χ0) is 20.5.